The highest BCUT2D eigenvalue weighted by Crippen LogP contribution is 2.26. The first-order valence-electron chi connectivity index (χ1n) is 9.78. The standard InChI is InChI=1S/C20H28N2O5S/c1-15(2)12-22(17-8-10-28(25,26)14-17)20(24)13-27-18-6-3-5-16(11-18)21-9-4-7-19(21)23/h3,5-6,11,15,17H,4,7-10,12-14H2,1-2H3/t17-/m0/s1. The van der Waals surface area contributed by atoms with E-state index in [1.54, 1.807) is 28.0 Å². The molecule has 1 atom stereocenters. The molecule has 8 heteroatoms. The van der Waals surface area contributed by atoms with E-state index in [0.717, 1.165) is 12.1 Å². The average molecular weight is 409 g/mol. The van der Waals surface area contributed by atoms with Crippen molar-refractivity contribution >= 4 is 27.3 Å². The molecule has 0 bridgehead atoms. The Kier molecular flexibility index (Phi) is 6.27. The van der Waals surface area contributed by atoms with Gasteiger partial charge in [-0.25, -0.2) is 8.42 Å². The first kappa shape index (κ1) is 20.6. The number of anilines is 1. The summed E-state index contributed by atoms with van der Waals surface area (Å²) in [6.07, 6.45) is 1.88. The normalized spacial score (nSPS) is 21.3. The molecule has 154 valence electrons. The summed E-state index contributed by atoms with van der Waals surface area (Å²) in [5.41, 5.74) is 0.772. The number of amides is 2. The Labute approximate surface area is 166 Å². The highest BCUT2D eigenvalue weighted by Gasteiger charge is 2.35. The van der Waals surface area contributed by atoms with Gasteiger partial charge in [-0.2, -0.15) is 0 Å². The van der Waals surface area contributed by atoms with Crippen molar-refractivity contribution in [3.63, 3.8) is 0 Å². The Morgan fingerprint density at radius 2 is 2.14 bits per heavy atom. The van der Waals surface area contributed by atoms with Crippen molar-refractivity contribution < 1.29 is 22.7 Å². The molecule has 0 unspecified atom stereocenters. The van der Waals surface area contributed by atoms with E-state index >= 15 is 0 Å². The van der Waals surface area contributed by atoms with Gasteiger partial charge in [-0.15, -0.1) is 0 Å². The van der Waals surface area contributed by atoms with Gasteiger partial charge in [0.25, 0.3) is 5.91 Å². The van der Waals surface area contributed by atoms with Crippen molar-refractivity contribution in [1.29, 1.82) is 0 Å². The fourth-order valence-corrected chi connectivity index (χ4v) is 5.49. The molecule has 2 amide bonds. The van der Waals surface area contributed by atoms with Crippen LogP contribution in [0.3, 0.4) is 0 Å². The number of ether oxygens (including phenoxy) is 1. The first-order chi connectivity index (χ1) is 13.2. The predicted octanol–water partition coefficient (Wildman–Crippen LogP) is 1.86. The maximum absolute atomic E-state index is 12.8. The maximum atomic E-state index is 12.8. The molecule has 0 aromatic heterocycles. The molecule has 2 aliphatic heterocycles. The number of benzene rings is 1. The fraction of sp³-hybridized carbons (Fsp3) is 0.600. The Morgan fingerprint density at radius 3 is 2.75 bits per heavy atom. The average Bonchev–Trinajstić information content (AvgIpc) is 3.22. The minimum Gasteiger partial charge on any atom is -0.484 e. The van der Waals surface area contributed by atoms with Gasteiger partial charge < -0.3 is 14.5 Å². The Morgan fingerprint density at radius 1 is 1.36 bits per heavy atom. The van der Waals surface area contributed by atoms with Crippen molar-refractivity contribution in [3.8, 4) is 5.75 Å². The summed E-state index contributed by atoms with van der Waals surface area (Å²) in [5.74, 6) is 0.799. The van der Waals surface area contributed by atoms with Crippen molar-refractivity contribution in [2.75, 3.05) is 36.1 Å². The predicted molar refractivity (Wildman–Crippen MR) is 107 cm³/mol. The number of hydrogen-bond donors (Lipinski definition) is 0. The van der Waals surface area contributed by atoms with E-state index in [9.17, 15) is 18.0 Å². The topological polar surface area (TPSA) is 84.0 Å². The molecule has 0 N–H and O–H groups in total. The van der Waals surface area contributed by atoms with Crippen molar-refractivity contribution in [2.24, 2.45) is 5.92 Å². The smallest absolute Gasteiger partial charge is 0.260 e. The lowest BCUT2D eigenvalue weighted by Gasteiger charge is -2.30. The third-order valence-electron chi connectivity index (χ3n) is 5.10. The van der Waals surface area contributed by atoms with Gasteiger partial charge in [0.05, 0.1) is 11.5 Å². The van der Waals surface area contributed by atoms with Gasteiger partial charge in [-0.3, -0.25) is 9.59 Å². The van der Waals surface area contributed by atoms with Crippen LogP contribution >= 0.6 is 0 Å². The third-order valence-corrected chi connectivity index (χ3v) is 6.85. The van der Waals surface area contributed by atoms with Crippen LogP contribution in [-0.4, -0.2) is 62.4 Å². The zero-order valence-corrected chi connectivity index (χ0v) is 17.3. The maximum Gasteiger partial charge on any atom is 0.260 e. The van der Waals surface area contributed by atoms with Crippen LogP contribution < -0.4 is 9.64 Å². The van der Waals surface area contributed by atoms with Crippen LogP contribution in [0.1, 0.15) is 33.1 Å². The quantitative estimate of drug-likeness (QED) is 0.688. The van der Waals surface area contributed by atoms with Gasteiger partial charge in [-0.05, 0) is 30.9 Å². The number of carbonyl (C=O) groups excluding carboxylic acids is 2. The van der Waals surface area contributed by atoms with E-state index in [0.29, 0.717) is 31.7 Å². The van der Waals surface area contributed by atoms with Gasteiger partial charge in [-0.1, -0.05) is 19.9 Å². The van der Waals surface area contributed by atoms with Gasteiger partial charge >= 0.3 is 0 Å². The molecular weight excluding hydrogens is 380 g/mol. The van der Waals surface area contributed by atoms with Crippen LogP contribution in [0.2, 0.25) is 0 Å². The van der Waals surface area contributed by atoms with E-state index in [4.69, 9.17) is 4.74 Å². The highest BCUT2D eigenvalue weighted by atomic mass is 32.2. The second-order valence-electron chi connectivity index (χ2n) is 7.93. The SMILES string of the molecule is CC(C)CN(C(=O)COc1cccc(N2CCCC2=O)c1)[C@H]1CCS(=O)(=O)C1. The molecule has 2 fully saturated rings. The zero-order valence-electron chi connectivity index (χ0n) is 16.5. The molecule has 0 saturated carbocycles. The molecule has 2 heterocycles. The lowest BCUT2D eigenvalue weighted by molar-refractivity contribution is -0.135. The van der Waals surface area contributed by atoms with E-state index < -0.39 is 9.84 Å². The van der Waals surface area contributed by atoms with Crippen molar-refractivity contribution in [2.45, 2.75) is 39.2 Å². The summed E-state index contributed by atoms with van der Waals surface area (Å²) in [7, 11) is -3.07. The number of nitrogens with zero attached hydrogens (tertiary/aromatic N) is 2. The van der Waals surface area contributed by atoms with Crippen LogP contribution in [0.4, 0.5) is 5.69 Å². The van der Waals surface area contributed by atoms with E-state index in [1.807, 2.05) is 19.9 Å². The largest absolute Gasteiger partial charge is 0.484 e. The Hall–Kier alpha value is -2.09. The molecule has 0 spiro atoms. The molecule has 7 nitrogen and oxygen atoms in total. The Balaban J connectivity index is 1.65. The molecule has 1 aromatic rings. The second-order valence-corrected chi connectivity index (χ2v) is 10.2. The number of rotatable bonds is 7. The molecule has 0 radical (unpaired) electrons. The molecule has 2 aliphatic rings. The van der Waals surface area contributed by atoms with Gasteiger partial charge in [0.15, 0.2) is 16.4 Å². The van der Waals surface area contributed by atoms with Crippen LogP contribution in [-0.2, 0) is 19.4 Å². The summed E-state index contributed by atoms with van der Waals surface area (Å²) in [6.45, 7) is 5.05. The van der Waals surface area contributed by atoms with E-state index in [-0.39, 0.29) is 41.9 Å². The summed E-state index contributed by atoms with van der Waals surface area (Å²) in [4.78, 5) is 28.1. The molecule has 0 aliphatic carbocycles. The first-order valence-corrected chi connectivity index (χ1v) is 11.6. The van der Waals surface area contributed by atoms with Crippen LogP contribution in [0.15, 0.2) is 24.3 Å². The van der Waals surface area contributed by atoms with Crippen LogP contribution in [0.5, 0.6) is 5.75 Å². The fourth-order valence-electron chi connectivity index (χ4n) is 3.76. The zero-order chi connectivity index (χ0) is 20.3. The molecule has 3 rings (SSSR count). The molecule has 1 aromatic carbocycles. The number of carbonyl (C=O) groups is 2. The summed E-state index contributed by atoms with van der Waals surface area (Å²) >= 11 is 0. The van der Waals surface area contributed by atoms with E-state index in [2.05, 4.69) is 0 Å². The lowest BCUT2D eigenvalue weighted by Crippen LogP contribution is -2.45. The van der Waals surface area contributed by atoms with Crippen molar-refractivity contribution in [3.05, 3.63) is 24.3 Å². The van der Waals surface area contributed by atoms with Gasteiger partial charge in [0, 0.05) is 37.3 Å². The monoisotopic (exact) mass is 408 g/mol. The third kappa shape index (κ3) is 5.04. The second kappa shape index (κ2) is 8.51. The number of hydrogen-bond acceptors (Lipinski definition) is 5. The lowest BCUT2D eigenvalue weighted by atomic mass is 10.1. The van der Waals surface area contributed by atoms with Gasteiger partial charge in [0.1, 0.15) is 5.75 Å². The molecule has 2 saturated heterocycles. The summed E-state index contributed by atoms with van der Waals surface area (Å²) < 4.78 is 29.3. The molecular formula is C20H28N2O5S. The van der Waals surface area contributed by atoms with Gasteiger partial charge in [0.2, 0.25) is 5.91 Å². The minimum absolute atomic E-state index is 0.0258. The molecule has 28 heavy (non-hydrogen) atoms. The van der Waals surface area contributed by atoms with Crippen molar-refractivity contribution in [1.82, 2.24) is 4.90 Å². The highest BCUT2D eigenvalue weighted by molar-refractivity contribution is 7.91. The van der Waals surface area contributed by atoms with E-state index in [1.165, 1.54) is 0 Å². The number of sulfone groups is 1. The van der Waals surface area contributed by atoms with Crippen LogP contribution in [0, 0.1) is 5.92 Å². The summed E-state index contributed by atoms with van der Waals surface area (Å²) in [6, 6.07) is 6.90. The van der Waals surface area contributed by atoms with Crippen LogP contribution in [0.25, 0.3) is 0 Å². The summed E-state index contributed by atoms with van der Waals surface area (Å²) in [5, 5.41) is 0. The Bertz CT molecular complexity index is 837. The minimum atomic E-state index is -3.07.